The third-order valence-electron chi connectivity index (χ3n) is 6.34. The highest BCUT2D eigenvalue weighted by Crippen LogP contribution is 2.34. The fraction of sp³-hybridized carbons (Fsp3) is 0.452. The monoisotopic (exact) mass is 698 g/mol. The summed E-state index contributed by atoms with van der Waals surface area (Å²) in [7, 11) is 0.468. The van der Waals surface area contributed by atoms with Crippen LogP contribution < -0.4 is 16.0 Å². The normalized spacial score (nSPS) is 11.9. The lowest BCUT2D eigenvalue weighted by Gasteiger charge is -2.15. The fourth-order valence-electron chi connectivity index (χ4n) is 3.89. The number of likely N-dealkylation sites (N-methyl/N-ethyl adjacent to an activating group) is 1. The van der Waals surface area contributed by atoms with Crippen molar-refractivity contribution < 1.29 is 45.3 Å². The molecule has 0 saturated carbocycles. The predicted molar refractivity (Wildman–Crippen MR) is 174 cm³/mol. The zero-order chi connectivity index (χ0) is 35.0. The number of nitrogens with one attached hydrogen (secondary N) is 3. The van der Waals surface area contributed by atoms with Crippen LogP contribution in [0.25, 0.3) is 0 Å². The SMILES string of the molecule is CN(C)CCOCCOCCOCCOCC(=O)Nc1ccc(Nc2ncc(C(F)(F)F)c(NCc3cccc(S(C)(=O)=O)c3)n2)cc1. The van der Waals surface area contributed by atoms with Crippen LogP contribution in [0.1, 0.15) is 11.1 Å². The molecule has 0 spiro atoms. The van der Waals surface area contributed by atoms with Gasteiger partial charge < -0.3 is 39.8 Å². The fourth-order valence-corrected chi connectivity index (χ4v) is 4.58. The molecule has 1 aromatic heterocycles. The smallest absolute Gasteiger partial charge is 0.378 e. The van der Waals surface area contributed by atoms with Crippen molar-refractivity contribution in [3.8, 4) is 0 Å². The number of hydrogen-bond donors (Lipinski definition) is 3. The van der Waals surface area contributed by atoms with E-state index in [4.69, 9.17) is 18.9 Å². The molecule has 1 amide bonds. The molecule has 0 aliphatic heterocycles. The van der Waals surface area contributed by atoms with Crippen LogP contribution in [-0.4, -0.2) is 109 Å². The summed E-state index contributed by atoms with van der Waals surface area (Å²) in [4.78, 5) is 22.1. The highest BCUT2D eigenvalue weighted by atomic mass is 32.2. The Morgan fingerprint density at radius 2 is 1.48 bits per heavy atom. The van der Waals surface area contributed by atoms with Crippen molar-refractivity contribution in [3.63, 3.8) is 0 Å². The number of carbonyl (C=O) groups excluding carboxylic acids is 1. The Hall–Kier alpha value is -3.87. The molecular weight excluding hydrogens is 657 g/mol. The van der Waals surface area contributed by atoms with Gasteiger partial charge in [0.1, 0.15) is 18.0 Å². The third-order valence-corrected chi connectivity index (χ3v) is 7.45. The zero-order valence-electron chi connectivity index (χ0n) is 27.0. The Kier molecular flexibility index (Phi) is 15.4. The van der Waals surface area contributed by atoms with Gasteiger partial charge in [-0.25, -0.2) is 13.4 Å². The Bertz CT molecular complexity index is 1540. The highest BCUT2D eigenvalue weighted by molar-refractivity contribution is 7.90. The van der Waals surface area contributed by atoms with E-state index in [0.29, 0.717) is 62.8 Å². The molecule has 0 bridgehead atoms. The van der Waals surface area contributed by atoms with E-state index in [2.05, 4.69) is 25.9 Å². The van der Waals surface area contributed by atoms with Gasteiger partial charge in [0.25, 0.3) is 0 Å². The molecular formula is C31H41F3N6O7S. The summed E-state index contributed by atoms with van der Waals surface area (Å²) >= 11 is 0. The molecule has 0 saturated heterocycles. The van der Waals surface area contributed by atoms with Gasteiger partial charge in [-0.1, -0.05) is 12.1 Å². The molecule has 0 unspecified atom stereocenters. The second kappa shape index (κ2) is 19.2. The van der Waals surface area contributed by atoms with Gasteiger partial charge in [-0.2, -0.15) is 18.2 Å². The number of nitrogens with zero attached hydrogens (tertiary/aromatic N) is 3. The minimum atomic E-state index is -4.73. The standard InChI is InChI=1S/C31H41F3N6O7S/c1-40(2)11-12-44-13-14-45-15-16-46-17-18-47-22-28(41)37-24-7-9-25(10-8-24)38-30-36-21-27(31(32,33)34)29(39-30)35-20-23-5-4-6-26(19-23)48(3,42)43/h4-10,19,21H,11-18,20,22H2,1-3H3,(H,37,41)(H2,35,36,38,39). The van der Waals surface area contributed by atoms with E-state index in [1.807, 2.05) is 19.0 Å². The van der Waals surface area contributed by atoms with Gasteiger partial charge in [0.2, 0.25) is 11.9 Å². The first kappa shape index (κ1) is 38.6. The van der Waals surface area contributed by atoms with Gasteiger partial charge in [-0.3, -0.25) is 4.79 Å². The Balaban J connectivity index is 1.40. The maximum Gasteiger partial charge on any atom is 0.421 e. The first-order valence-corrected chi connectivity index (χ1v) is 16.8. The topological polar surface area (TPSA) is 153 Å². The number of anilines is 4. The molecule has 0 aliphatic carbocycles. The molecule has 3 aromatic rings. The lowest BCUT2D eigenvalue weighted by Crippen LogP contribution is -2.20. The van der Waals surface area contributed by atoms with Gasteiger partial charge in [0.05, 0.1) is 51.1 Å². The number of benzene rings is 2. The summed E-state index contributed by atoms with van der Waals surface area (Å²) in [5, 5.41) is 8.16. The molecule has 0 radical (unpaired) electrons. The second-order valence-electron chi connectivity index (χ2n) is 10.7. The summed E-state index contributed by atoms with van der Waals surface area (Å²) < 4.78 is 86.2. The number of sulfone groups is 1. The summed E-state index contributed by atoms with van der Waals surface area (Å²) in [6, 6.07) is 12.2. The van der Waals surface area contributed by atoms with Crippen LogP contribution in [-0.2, 0) is 46.3 Å². The van der Waals surface area contributed by atoms with E-state index in [9.17, 15) is 26.4 Å². The summed E-state index contributed by atoms with van der Waals surface area (Å²) in [5.41, 5.74) is 0.291. The van der Waals surface area contributed by atoms with Crippen molar-refractivity contribution in [3.05, 3.63) is 65.9 Å². The number of alkyl halides is 3. The van der Waals surface area contributed by atoms with Crippen LogP contribution in [0.4, 0.5) is 36.3 Å². The zero-order valence-corrected chi connectivity index (χ0v) is 27.8. The maximum atomic E-state index is 13.7. The minimum Gasteiger partial charge on any atom is -0.378 e. The Labute approximate surface area is 278 Å². The molecule has 264 valence electrons. The van der Waals surface area contributed by atoms with Crippen molar-refractivity contribution in [2.24, 2.45) is 0 Å². The molecule has 17 heteroatoms. The Morgan fingerprint density at radius 3 is 2.08 bits per heavy atom. The lowest BCUT2D eigenvalue weighted by atomic mass is 10.2. The van der Waals surface area contributed by atoms with Crippen LogP contribution in [0.5, 0.6) is 0 Å². The molecule has 0 fully saturated rings. The van der Waals surface area contributed by atoms with Crippen molar-refractivity contribution in [1.29, 1.82) is 0 Å². The molecule has 1 heterocycles. The van der Waals surface area contributed by atoms with Gasteiger partial charge in [-0.05, 0) is 56.1 Å². The number of carbonyl (C=O) groups is 1. The van der Waals surface area contributed by atoms with Gasteiger partial charge in [-0.15, -0.1) is 0 Å². The molecule has 0 atom stereocenters. The first-order chi connectivity index (χ1) is 22.8. The number of amides is 1. The van der Waals surface area contributed by atoms with Gasteiger partial charge in [0.15, 0.2) is 9.84 Å². The molecule has 0 aliphatic rings. The van der Waals surface area contributed by atoms with E-state index in [1.54, 1.807) is 30.3 Å². The molecule has 3 N–H and O–H groups in total. The van der Waals surface area contributed by atoms with Crippen molar-refractivity contribution >= 4 is 38.9 Å². The van der Waals surface area contributed by atoms with E-state index in [1.165, 1.54) is 18.2 Å². The lowest BCUT2D eigenvalue weighted by molar-refractivity contribution is -0.137. The largest absolute Gasteiger partial charge is 0.421 e. The highest BCUT2D eigenvalue weighted by Gasteiger charge is 2.35. The number of hydrogen-bond acceptors (Lipinski definition) is 12. The quantitative estimate of drug-likeness (QED) is 0.139. The average molecular weight is 699 g/mol. The molecule has 13 nitrogen and oxygen atoms in total. The molecule has 3 rings (SSSR count). The summed E-state index contributed by atoms with van der Waals surface area (Å²) in [6.45, 7) is 3.56. The van der Waals surface area contributed by atoms with E-state index < -0.39 is 27.4 Å². The molecule has 48 heavy (non-hydrogen) atoms. The number of rotatable bonds is 21. The molecule has 2 aromatic carbocycles. The van der Waals surface area contributed by atoms with Crippen molar-refractivity contribution in [1.82, 2.24) is 14.9 Å². The van der Waals surface area contributed by atoms with E-state index in [0.717, 1.165) is 12.8 Å². The summed E-state index contributed by atoms with van der Waals surface area (Å²) in [5.74, 6) is -0.972. The van der Waals surface area contributed by atoms with Crippen LogP contribution in [0.3, 0.4) is 0 Å². The van der Waals surface area contributed by atoms with Crippen LogP contribution >= 0.6 is 0 Å². The van der Waals surface area contributed by atoms with Crippen molar-refractivity contribution in [2.45, 2.75) is 17.6 Å². The second-order valence-corrected chi connectivity index (χ2v) is 12.7. The number of aromatic nitrogens is 2. The van der Waals surface area contributed by atoms with Crippen LogP contribution in [0.2, 0.25) is 0 Å². The van der Waals surface area contributed by atoms with E-state index >= 15 is 0 Å². The maximum absolute atomic E-state index is 13.7. The summed E-state index contributed by atoms with van der Waals surface area (Å²) in [6.07, 6.45) is -3.03. The van der Waals surface area contributed by atoms with Gasteiger partial charge >= 0.3 is 6.18 Å². The third kappa shape index (κ3) is 14.5. The van der Waals surface area contributed by atoms with Gasteiger partial charge in [0, 0.05) is 36.9 Å². The average Bonchev–Trinajstić information content (AvgIpc) is 3.02. The Morgan fingerprint density at radius 1 is 0.875 bits per heavy atom. The predicted octanol–water partition coefficient (Wildman–Crippen LogP) is 3.82. The minimum absolute atomic E-state index is 0.0471. The number of halogens is 3. The van der Waals surface area contributed by atoms with Crippen LogP contribution in [0.15, 0.2) is 59.6 Å². The first-order valence-electron chi connectivity index (χ1n) is 14.9. The van der Waals surface area contributed by atoms with E-state index in [-0.39, 0.29) is 36.5 Å². The van der Waals surface area contributed by atoms with Crippen LogP contribution in [0, 0.1) is 0 Å². The van der Waals surface area contributed by atoms with Crippen molar-refractivity contribution in [2.75, 3.05) is 95.7 Å². The number of ether oxygens (including phenoxy) is 4.